The minimum absolute atomic E-state index is 0.563. The Balaban J connectivity index is 0.000000206. The van der Waals surface area contributed by atoms with E-state index in [0.717, 1.165) is 47.9 Å². The molecular weight excluding hydrogens is 416 g/mol. The third-order valence-corrected chi connectivity index (χ3v) is 5.34. The number of likely N-dealkylation sites (tertiary alicyclic amines) is 1. The molecule has 0 aromatic heterocycles. The van der Waals surface area contributed by atoms with Crippen LogP contribution in [-0.4, -0.2) is 78.6 Å². The molecule has 27 heavy (non-hydrogen) atoms. The van der Waals surface area contributed by atoms with E-state index in [9.17, 15) is 4.79 Å². The van der Waals surface area contributed by atoms with Gasteiger partial charge < -0.3 is 24.3 Å². The van der Waals surface area contributed by atoms with E-state index in [4.69, 9.17) is 18.9 Å². The molecule has 2 saturated heterocycles. The number of nitrogens with one attached hydrogen (secondary N) is 1. The lowest BCUT2D eigenvalue weighted by Gasteiger charge is -2.55. The van der Waals surface area contributed by atoms with E-state index in [1.54, 1.807) is 21.3 Å². The molecule has 1 amide bonds. The molecule has 1 spiro atoms. The molecule has 0 saturated carbocycles. The largest absolute Gasteiger partial charge is 0.496 e. The van der Waals surface area contributed by atoms with Crippen LogP contribution < -0.4 is 14.8 Å². The summed E-state index contributed by atoms with van der Waals surface area (Å²) in [4.78, 5) is 12.6. The van der Waals surface area contributed by atoms with Gasteiger partial charge in [-0.2, -0.15) is 0 Å². The number of ether oxygens (including phenoxy) is 4. The summed E-state index contributed by atoms with van der Waals surface area (Å²) in [7, 11) is 4.98. The van der Waals surface area contributed by atoms with Crippen molar-refractivity contribution in [2.24, 2.45) is 5.41 Å². The van der Waals surface area contributed by atoms with Crippen LogP contribution in [0.3, 0.4) is 0 Å². The highest BCUT2D eigenvalue weighted by molar-refractivity contribution is 9.10. The second-order valence-electron chi connectivity index (χ2n) is 6.82. The van der Waals surface area contributed by atoms with Crippen LogP contribution in [0.2, 0.25) is 0 Å². The Morgan fingerprint density at radius 1 is 1.22 bits per heavy atom. The van der Waals surface area contributed by atoms with Crippen molar-refractivity contribution < 1.29 is 23.7 Å². The average molecular weight is 445 g/mol. The molecule has 8 heteroatoms. The van der Waals surface area contributed by atoms with Crippen molar-refractivity contribution in [3.05, 3.63) is 22.2 Å². The molecule has 0 atom stereocenters. The number of halogens is 1. The van der Waals surface area contributed by atoms with Gasteiger partial charge in [-0.3, -0.25) is 9.69 Å². The Kier molecular flexibility index (Phi) is 8.82. The molecule has 0 bridgehead atoms. The zero-order valence-corrected chi connectivity index (χ0v) is 17.8. The highest BCUT2D eigenvalue weighted by atomic mass is 79.9. The number of benzene rings is 1. The number of carbonyl (C=O) groups excluding carboxylic acids is 1. The van der Waals surface area contributed by atoms with E-state index in [1.807, 2.05) is 12.1 Å². The van der Waals surface area contributed by atoms with Gasteiger partial charge in [0.15, 0.2) is 0 Å². The molecule has 7 nitrogen and oxygen atoms in total. The van der Waals surface area contributed by atoms with Gasteiger partial charge in [-0.1, -0.05) is 0 Å². The summed E-state index contributed by atoms with van der Waals surface area (Å²) in [6.07, 6.45) is 1.38. The van der Waals surface area contributed by atoms with Crippen LogP contribution in [0.5, 0.6) is 11.5 Å². The van der Waals surface area contributed by atoms with Gasteiger partial charge in [0, 0.05) is 38.7 Å². The lowest BCUT2D eigenvalue weighted by molar-refractivity contribution is -0.190. The van der Waals surface area contributed by atoms with Crippen LogP contribution in [-0.2, 0) is 20.7 Å². The molecule has 2 aliphatic heterocycles. The fraction of sp³-hybridized carbons (Fsp3) is 0.632. The van der Waals surface area contributed by atoms with Gasteiger partial charge in [-0.15, -0.1) is 0 Å². The van der Waals surface area contributed by atoms with Crippen molar-refractivity contribution in [2.75, 3.05) is 67.3 Å². The highest BCUT2D eigenvalue weighted by Gasteiger charge is 2.48. The molecule has 0 aliphatic carbocycles. The van der Waals surface area contributed by atoms with Gasteiger partial charge in [0.25, 0.3) is 0 Å². The van der Waals surface area contributed by atoms with Gasteiger partial charge in [0.1, 0.15) is 11.5 Å². The SMILES string of the molecule is COCCN1CC2(COC2)C1.COc1cc(CCNC=O)c(OC)cc1Br. The van der Waals surface area contributed by atoms with Crippen LogP contribution in [0.4, 0.5) is 0 Å². The number of nitrogens with zero attached hydrogens (tertiary/aromatic N) is 1. The molecule has 3 rings (SSSR count). The Hall–Kier alpha value is -1.35. The van der Waals surface area contributed by atoms with E-state index in [-0.39, 0.29) is 0 Å². The molecule has 2 aliphatic rings. The van der Waals surface area contributed by atoms with Crippen LogP contribution in [0.1, 0.15) is 5.56 Å². The predicted octanol–water partition coefficient (Wildman–Crippen LogP) is 1.72. The van der Waals surface area contributed by atoms with Gasteiger partial charge in [0.2, 0.25) is 6.41 Å². The molecule has 1 N–H and O–H groups in total. The summed E-state index contributed by atoms with van der Waals surface area (Å²) >= 11 is 3.39. The highest BCUT2D eigenvalue weighted by Crippen LogP contribution is 2.37. The molecule has 0 radical (unpaired) electrons. The van der Waals surface area contributed by atoms with Crippen LogP contribution in [0.25, 0.3) is 0 Å². The number of rotatable bonds is 9. The fourth-order valence-corrected chi connectivity index (χ4v) is 3.72. The summed E-state index contributed by atoms with van der Waals surface area (Å²) in [6, 6.07) is 3.75. The van der Waals surface area contributed by atoms with E-state index >= 15 is 0 Å². The van der Waals surface area contributed by atoms with E-state index in [0.29, 0.717) is 24.8 Å². The summed E-state index contributed by atoms with van der Waals surface area (Å²) in [5.41, 5.74) is 1.56. The van der Waals surface area contributed by atoms with E-state index in [2.05, 4.69) is 26.1 Å². The van der Waals surface area contributed by atoms with Crippen molar-refractivity contribution in [1.29, 1.82) is 0 Å². The topological polar surface area (TPSA) is 69.3 Å². The standard InChI is InChI=1S/C11H14BrNO3.C8H15NO2/c1-15-10-6-9(12)11(16-2)5-8(10)3-4-13-7-14;1-10-3-2-9-4-8(5-9)6-11-7-8/h5-7H,3-4H2,1-2H3,(H,13,14);2-7H2,1H3. The summed E-state index contributed by atoms with van der Waals surface area (Å²) in [6.45, 7) is 6.92. The van der Waals surface area contributed by atoms with Gasteiger partial charge in [-0.05, 0) is 40.0 Å². The third kappa shape index (κ3) is 6.07. The maximum atomic E-state index is 10.2. The Morgan fingerprint density at radius 2 is 1.93 bits per heavy atom. The maximum absolute atomic E-state index is 10.2. The first-order valence-electron chi connectivity index (χ1n) is 8.94. The van der Waals surface area contributed by atoms with Crippen molar-refractivity contribution >= 4 is 22.3 Å². The monoisotopic (exact) mass is 444 g/mol. The minimum atomic E-state index is 0.563. The van der Waals surface area contributed by atoms with Crippen LogP contribution in [0.15, 0.2) is 16.6 Å². The lowest BCUT2D eigenvalue weighted by Crippen LogP contribution is -2.66. The lowest BCUT2D eigenvalue weighted by atomic mass is 9.78. The van der Waals surface area contributed by atoms with Gasteiger partial charge in [0.05, 0.1) is 38.5 Å². The maximum Gasteiger partial charge on any atom is 0.207 e. The summed E-state index contributed by atoms with van der Waals surface area (Å²) in [5.74, 6) is 1.53. The Morgan fingerprint density at radius 3 is 2.44 bits per heavy atom. The Labute approximate surface area is 169 Å². The minimum Gasteiger partial charge on any atom is -0.496 e. The molecule has 2 heterocycles. The number of methoxy groups -OCH3 is 3. The number of carbonyl (C=O) groups is 1. The van der Waals surface area contributed by atoms with Crippen LogP contribution in [0, 0.1) is 5.41 Å². The third-order valence-electron chi connectivity index (χ3n) is 4.72. The first-order valence-corrected chi connectivity index (χ1v) is 9.73. The van der Waals surface area contributed by atoms with Crippen molar-refractivity contribution in [2.45, 2.75) is 6.42 Å². The number of hydrogen-bond donors (Lipinski definition) is 1. The van der Waals surface area contributed by atoms with Gasteiger partial charge >= 0.3 is 0 Å². The summed E-state index contributed by atoms with van der Waals surface area (Å²) < 4.78 is 21.5. The molecule has 152 valence electrons. The second kappa shape index (κ2) is 10.8. The Bertz CT molecular complexity index is 602. The number of amides is 1. The first kappa shape index (κ1) is 21.9. The summed E-state index contributed by atoms with van der Waals surface area (Å²) in [5, 5.41) is 2.61. The van der Waals surface area contributed by atoms with Crippen molar-refractivity contribution in [3.63, 3.8) is 0 Å². The average Bonchev–Trinajstić information content (AvgIpc) is 2.61. The normalized spacial score (nSPS) is 17.2. The number of hydrogen-bond acceptors (Lipinski definition) is 6. The molecule has 1 aromatic carbocycles. The molecule has 2 fully saturated rings. The van der Waals surface area contributed by atoms with Gasteiger partial charge in [-0.25, -0.2) is 0 Å². The quantitative estimate of drug-likeness (QED) is 0.461. The molecular formula is C19H29BrN2O5. The first-order chi connectivity index (χ1) is 13.1. The van der Waals surface area contributed by atoms with E-state index < -0.39 is 0 Å². The predicted molar refractivity (Wildman–Crippen MR) is 107 cm³/mol. The zero-order chi connectivity index (χ0) is 19.7. The molecule has 1 aromatic rings. The smallest absolute Gasteiger partial charge is 0.207 e. The van der Waals surface area contributed by atoms with E-state index in [1.165, 1.54) is 13.1 Å². The fourth-order valence-electron chi connectivity index (χ4n) is 3.24. The second-order valence-corrected chi connectivity index (χ2v) is 7.67. The zero-order valence-electron chi connectivity index (χ0n) is 16.3. The van der Waals surface area contributed by atoms with Crippen molar-refractivity contribution in [3.8, 4) is 11.5 Å². The molecule has 0 unspecified atom stereocenters. The van der Waals surface area contributed by atoms with Crippen LogP contribution >= 0.6 is 15.9 Å². The van der Waals surface area contributed by atoms with Crippen molar-refractivity contribution in [1.82, 2.24) is 10.2 Å².